The van der Waals surface area contributed by atoms with Crippen LogP contribution in [0.4, 0.5) is 5.69 Å². The Bertz CT molecular complexity index is 863. The van der Waals surface area contributed by atoms with E-state index in [2.05, 4.69) is 4.90 Å². The summed E-state index contributed by atoms with van der Waals surface area (Å²) in [6.45, 7) is 3.80. The number of anilines is 1. The Kier molecular flexibility index (Phi) is 8.50. The van der Waals surface area contributed by atoms with Crippen LogP contribution in [0.3, 0.4) is 0 Å². The maximum absolute atomic E-state index is 13.1. The summed E-state index contributed by atoms with van der Waals surface area (Å²) in [5, 5.41) is 0. The molecule has 4 rings (SSSR count). The number of sulfonamides is 1. The zero-order chi connectivity index (χ0) is 23.3. The number of Topliss-reactive ketones (excluding diaryl/α,β-unsaturated/α-hetero) is 1. The van der Waals surface area contributed by atoms with Gasteiger partial charge in [-0.25, -0.2) is 8.42 Å². The van der Waals surface area contributed by atoms with Gasteiger partial charge in [-0.15, -0.1) is 0 Å². The van der Waals surface area contributed by atoms with Gasteiger partial charge in [0.1, 0.15) is 0 Å². The Hall–Kier alpha value is -1.40. The first-order valence-electron chi connectivity index (χ1n) is 13.2. The standard InChI is InChI=1S/C27H42N2O3S/c1-33(31,32)29(21-23-10-6-3-7-11-23)26-14-12-24(13-15-26)27(30)25-16-18-28(19-17-25)20-22-8-4-2-5-9-22/h12-15,22-23,25H,2-11,16-21H2,1H3. The minimum Gasteiger partial charge on any atom is -0.303 e. The van der Waals surface area contributed by atoms with E-state index in [0.29, 0.717) is 18.2 Å². The summed E-state index contributed by atoms with van der Waals surface area (Å²) in [7, 11) is -3.35. The molecule has 2 saturated carbocycles. The van der Waals surface area contributed by atoms with Gasteiger partial charge in [0.05, 0.1) is 11.9 Å². The molecule has 1 saturated heterocycles. The Balaban J connectivity index is 1.33. The number of benzene rings is 1. The molecule has 184 valence electrons. The zero-order valence-corrected chi connectivity index (χ0v) is 21.2. The van der Waals surface area contributed by atoms with Gasteiger partial charge >= 0.3 is 0 Å². The van der Waals surface area contributed by atoms with Crippen LogP contribution in [0.5, 0.6) is 0 Å². The zero-order valence-electron chi connectivity index (χ0n) is 20.4. The lowest BCUT2D eigenvalue weighted by Gasteiger charge is -2.35. The highest BCUT2D eigenvalue weighted by Gasteiger charge is 2.28. The highest BCUT2D eigenvalue weighted by Crippen LogP contribution is 2.30. The van der Waals surface area contributed by atoms with Crippen molar-refractivity contribution >= 4 is 21.5 Å². The number of carbonyl (C=O) groups excluding carboxylic acids is 1. The lowest BCUT2D eigenvalue weighted by molar-refractivity contribution is 0.0817. The van der Waals surface area contributed by atoms with Crippen LogP contribution >= 0.6 is 0 Å². The number of piperidine rings is 1. The van der Waals surface area contributed by atoms with E-state index in [9.17, 15) is 13.2 Å². The number of hydrogen-bond acceptors (Lipinski definition) is 4. The molecule has 1 aromatic carbocycles. The van der Waals surface area contributed by atoms with E-state index in [1.54, 1.807) is 4.31 Å². The molecule has 0 unspecified atom stereocenters. The summed E-state index contributed by atoms with van der Waals surface area (Å²) in [4.78, 5) is 15.7. The van der Waals surface area contributed by atoms with E-state index < -0.39 is 10.0 Å². The second-order valence-corrected chi connectivity index (χ2v) is 12.7. The Morgan fingerprint density at radius 3 is 1.94 bits per heavy atom. The number of hydrogen-bond donors (Lipinski definition) is 0. The lowest BCUT2D eigenvalue weighted by Crippen LogP contribution is -2.39. The second-order valence-electron chi connectivity index (χ2n) is 10.8. The van der Waals surface area contributed by atoms with E-state index in [0.717, 1.165) is 50.3 Å². The van der Waals surface area contributed by atoms with Crippen LogP contribution in [-0.2, 0) is 10.0 Å². The third-order valence-electron chi connectivity index (χ3n) is 8.19. The van der Waals surface area contributed by atoms with Gasteiger partial charge in [-0.2, -0.15) is 0 Å². The summed E-state index contributed by atoms with van der Waals surface area (Å²) < 4.78 is 26.5. The van der Waals surface area contributed by atoms with Crippen molar-refractivity contribution < 1.29 is 13.2 Å². The Morgan fingerprint density at radius 1 is 0.848 bits per heavy atom. The molecular formula is C27H42N2O3S. The van der Waals surface area contributed by atoms with Crippen LogP contribution in [0.25, 0.3) is 0 Å². The second kappa shape index (κ2) is 11.4. The minimum absolute atomic E-state index is 0.0895. The fourth-order valence-electron chi connectivity index (χ4n) is 6.18. The van der Waals surface area contributed by atoms with Crippen molar-refractivity contribution in [1.29, 1.82) is 0 Å². The molecule has 1 heterocycles. The summed E-state index contributed by atoms with van der Waals surface area (Å²) >= 11 is 0. The normalized spacial score (nSPS) is 22.3. The maximum Gasteiger partial charge on any atom is 0.232 e. The van der Waals surface area contributed by atoms with E-state index in [-0.39, 0.29) is 11.7 Å². The van der Waals surface area contributed by atoms with Crippen LogP contribution < -0.4 is 4.31 Å². The summed E-state index contributed by atoms with van der Waals surface area (Å²) in [6, 6.07) is 7.33. The smallest absolute Gasteiger partial charge is 0.232 e. The largest absolute Gasteiger partial charge is 0.303 e. The molecule has 0 aromatic heterocycles. The molecule has 0 amide bonds. The summed E-state index contributed by atoms with van der Waals surface area (Å²) in [5.41, 5.74) is 1.40. The van der Waals surface area contributed by atoms with Gasteiger partial charge in [-0.05, 0) is 87.7 Å². The number of rotatable bonds is 8. The van der Waals surface area contributed by atoms with E-state index in [1.807, 2.05) is 24.3 Å². The third kappa shape index (κ3) is 6.82. The van der Waals surface area contributed by atoms with Gasteiger partial charge in [0, 0.05) is 24.6 Å². The predicted octanol–water partition coefficient (Wildman–Crippen LogP) is 5.51. The highest BCUT2D eigenvalue weighted by atomic mass is 32.2. The molecule has 33 heavy (non-hydrogen) atoms. The van der Waals surface area contributed by atoms with Gasteiger partial charge in [-0.3, -0.25) is 9.10 Å². The van der Waals surface area contributed by atoms with Gasteiger partial charge in [0.15, 0.2) is 5.78 Å². The first-order valence-corrected chi connectivity index (χ1v) is 15.1. The molecule has 2 aliphatic carbocycles. The lowest BCUT2D eigenvalue weighted by atomic mass is 9.86. The van der Waals surface area contributed by atoms with Crippen LogP contribution in [0.1, 0.15) is 87.4 Å². The third-order valence-corrected chi connectivity index (χ3v) is 9.35. The van der Waals surface area contributed by atoms with E-state index in [4.69, 9.17) is 0 Å². The van der Waals surface area contributed by atoms with Gasteiger partial charge < -0.3 is 4.90 Å². The van der Waals surface area contributed by atoms with Gasteiger partial charge in [0.25, 0.3) is 0 Å². The minimum atomic E-state index is -3.35. The molecule has 0 radical (unpaired) electrons. The molecule has 3 fully saturated rings. The first kappa shape index (κ1) is 24.7. The molecular weight excluding hydrogens is 432 g/mol. The van der Waals surface area contributed by atoms with E-state index in [1.165, 1.54) is 64.2 Å². The van der Waals surface area contributed by atoms with Crippen molar-refractivity contribution in [2.24, 2.45) is 17.8 Å². The summed E-state index contributed by atoms with van der Waals surface area (Å²) in [6.07, 6.45) is 15.9. The molecule has 0 bridgehead atoms. The molecule has 0 atom stereocenters. The van der Waals surface area contributed by atoms with Crippen molar-refractivity contribution in [1.82, 2.24) is 4.90 Å². The highest BCUT2D eigenvalue weighted by molar-refractivity contribution is 7.92. The first-order chi connectivity index (χ1) is 15.9. The molecule has 6 heteroatoms. The molecule has 0 N–H and O–H groups in total. The fourth-order valence-corrected chi connectivity index (χ4v) is 7.16. The number of likely N-dealkylation sites (tertiary alicyclic amines) is 1. The monoisotopic (exact) mass is 474 g/mol. The molecule has 1 aromatic rings. The van der Waals surface area contributed by atoms with Crippen molar-refractivity contribution in [3.63, 3.8) is 0 Å². The molecule has 5 nitrogen and oxygen atoms in total. The quantitative estimate of drug-likeness (QED) is 0.466. The summed E-state index contributed by atoms with van der Waals surface area (Å²) in [5.74, 6) is 1.59. The topological polar surface area (TPSA) is 57.7 Å². The average Bonchev–Trinajstić information content (AvgIpc) is 2.83. The molecule has 0 spiro atoms. The van der Waals surface area contributed by atoms with Gasteiger partial charge in [-0.1, -0.05) is 38.5 Å². The average molecular weight is 475 g/mol. The van der Waals surface area contributed by atoms with Crippen molar-refractivity contribution in [3.05, 3.63) is 29.8 Å². The number of ketones is 1. The van der Waals surface area contributed by atoms with Crippen LogP contribution in [0.15, 0.2) is 24.3 Å². The number of carbonyl (C=O) groups is 1. The van der Waals surface area contributed by atoms with Crippen molar-refractivity contribution in [2.75, 3.05) is 36.7 Å². The van der Waals surface area contributed by atoms with Crippen LogP contribution in [0.2, 0.25) is 0 Å². The Labute approximate surface area is 201 Å². The predicted molar refractivity (Wildman–Crippen MR) is 135 cm³/mol. The van der Waals surface area contributed by atoms with Crippen LogP contribution in [-0.4, -0.2) is 51.5 Å². The maximum atomic E-state index is 13.1. The van der Waals surface area contributed by atoms with Crippen LogP contribution in [0, 0.1) is 17.8 Å². The van der Waals surface area contributed by atoms with Crippen molar-refractivity contribution in [3.8, 4) is 0 Å². The molecule has 3 aliphatic rings. The van der Waals surface area contributed by atoms with Crippen molar-refractivity contribution in [2.45, 2.75) is 77.0 Å². The number of nitrogens with zero attached hydrogens (tertiary/aromatic N) is 2. The van der Waals surface area contributed by atoms with E-state index >= 15 is 0 Å². The fraction of sp³-hybridized carbons (Fsp3) is 0.741. The molecule has 1 aliphatic heterocycles. The SMILES string of the molecule is CS(=O)(=O)N(CC1CCCCC1)c1ccc(C(=O)C2CCN(CC3CCCCC3)CC2)cc1. The van der Waals surface area contributed by atoms with Gasteiger partial charge in [0.2, 0.25) is 10.0 Å². The Morgan fingerprint density at radius 2 is 1.39 bits per heavy atom.